The van der Waals surface area contributed by atoms with Crippen molar-refractivity contribution in [2.75, 3.05) is 10.6 Å². The summed E-state index contributed by atoms with van der Waals surface area (Å²) in [5.74, 6) is -2.91. The highest BCUT2D eigenvalue weighted by Gasteiger charge is 2.31. The lowest BCUT2D eigenvalue weighted by Crippen LogP contribution is -2.68. The number of hydrogen-bond donors (Lipinski definition) is 6. The Hall–Kier alpha value is -4.88. The maximum absolute atomic E-state index is 13.5. The highest BCUT2D eigenvalue weighted by Crippen LogP contribution is 2.37. The van der Waals surface area contributed by atoms with Crippen molar-refractivity contribution in [3.05, 3.63) is 105 Å². The zero-order chi connectivity index (χ0) is 30.4. The zero-order valence-corrected chi connectivity index (χ0v) is 22.7. The van der Waals surface area contributed by atoms with Crippen LogP contribution < -0.4 is 21.7 Å². The van der Waals surface area contributed by atoms with Crippen LogP contribution >= 0.6 is 11.3 Å². The highest BCUT2D eigenvalue weighted by molar-refractivity contribution is 7.09. The summed E-state index contributed by atoms with van der Waals surface area (Å²) < 4.78 is 40.6. The number of anilines is 4. The lowest BCUT2D eigenvalue weighted by Gasteiger charge is -2.19. The number of aromatic carboxylic acids is 2. The van der Waals surface area contributed by atoms with E-state index in [1.165, 1.54) is 47.7 Å². The minimum atomic E-state index is -4.69. The van der Waals surface area contributed by atoms with Gasteiger partial charge < -0.3 is 31.9 Å². The molecule has 1 atom stereocenters. The molecule has 0 unspecified atom stereocenters. The number of hydrogen-bond acceptors (Lipinski definition) is 6. The molecule has 0 aliphatic rings. The average Bonchev–Trinajstić information content (AvgIpc) is 3.45. The third-order valence-corrected chi connectivity index (χ3v) is 7.12. The number of rotatable bonds is 11. The summed E-state index contributed by atoms with van der Waals surface area (Å²) in [6.07, 6.45) is -4.24. The van der Waals surface area contributed by atoms with Gasteiger partial charge in [-0.25, -0.2) is 9.59 Å². The van der Waals surface area contributed by atoms with E-state index in [0.717, 1.165) is 23.1 Å². The number of carboxylic acids is 2. The van der Waals surface area contributed by atoms with E-state index in [9.17, 15) is 37.8 Å². The average molecular weight is 600 g/mol. The second-order valence-electron chi connectivity index (χ2n) is 9.24. The van der Waals surface area contributed by atoms with E-state index in [1.807, 2.05) is 17.5 Å². The number of halogens is 3. The van der Waals surface area contributed by atoms with Crippen molar-refractivity contribution < 1.29 is 43.5 Å². The zero-order valence-electron chi connectivity index (χ0n) is 21.9. The molecular weight excluding hydrogens is 573 g/mol. The number of amides is 1. The number of carbonyl (C=O) groups excluding carboxylic acids is 1. The number of thiophene rings is 1. The standard InChI is InChI=1S/C29H25F3N4O5S/c30-29(31,32)17-8-10-24(35-22-6-2-1-5-19(22)27(38)39)25(13-17)36-23-9-7-16(12-20(23)28(40)41)15-34-26(37)21(33)14-18-4-3-11-42-18/h1-13,21,35-36H,14-15,33H2,(H,34,37)(H,38,39)(H,40,41)/p+1/t21-/m0/s1. The van der Waals surface area contributed by atoms with E-state index in [4.69, 9.17) is 0 Å². The molecule has 3 aromatic carbocycles. The summed E-state index contributed by atoms with van der Waals surface area (Å²) in [7, 11) is 0. The molecule has 0 aliphatic carbocycles. The Balaban J connectivity index is 1.59. The molecule has 0 radical (unpaired) electrons. The van der Waals surface area contributed by atoms with Crippen LogP contribution in [0.2, 0.25) is 0 Å². The fourth-order valence-corrected chi connectivity index (χ4v) is 4.87. The van der Waals surface area contributed by atoms with Crippen molar-refractivity contribution in [2.45, 2.75) is 25.2 Å². The first-order chi connectivity index (χ1) is 19.9. The molecule has 13 heteroatoms. The van der Waals surface area contributed by atoms with Gasteiger partial charge in [0.15, 0.2) is 6.04 Å². The first-order valence-electron chi connectivity index (χ1n) is 12.5. The SMILES string of the molecule is [NH3+][C@@H](Cc1cccs1)C(=O)NCc1ccc(Nc2cc(C(F)(F)F)ccc2Nc2ccccc2C(=O)O)c(C(=O)O)c1. The molecule has 1 amide bonds. The summed E-state index contributed by atoms with van der Waals surface area (Å²) in [6, 6.07) is 16.1. The van der Waals surface area contributed by atoms with E-state index in [1.54, 1.807) is 6.07 Å². The van der Waals surface area contributed by atoms with E-state index in [0.29, 0.717) is 12.0 Å². The molecule has 218 valence electrons. The fourth-order valence-electron chi connectivity index (χ4n) is 4.09. The van der Waals surface area contributed by atoms with Crippen LogP contribution in [-0.4, -0.2) is 34.1 Å². The van der Waals surface area contributed by atoms with Crippen LogP contribution in [0.5, 0.6) is 0 Å². The van der Waals surface area contributed by atoms with Gasteiger partial charge in [-0.05, 0) is 59.5 Å². The molecule has 1 aromatic heterocycles. The molecule has 9 nitrogen and oxygen atoms in total. The number of benzene rings is 3. The van der Waals surface area contributed by atoms with Gasteiger partial charge in [0.05, 0.1) is 39.4 Å². The van der Waals surface area contributed by atoms with Crippen LogP contribution in [-0.2, 0) is 23.9 Å². The fraction of sp³-hybridized carbons (Fsp3) is 0.138. The van der Waals surface area contributed by atoms with Crippen molar-refractivity contribution in [1.82, 2.24) is 5.32 Å². The van der Waals surface area contributed by atoms with Gasteiger partial charge in [0, 0.05) is 17.8 Å². The van der Waals surface area contributed by atoms with Gasteiger partial charge in [-0.3, -0.25) is 4.79 Å². The van der Waals surface area contributed by atoms with Crippen molar-refractivity contribution in [2.24, 2.45) is 0 Å². The third-order valence-electron chi connectivity index (χ3n) is 6.22. The van der Waals surface area contributed by atoms with Gasteiger partial charge in [-0.1, -0.05) is 24.3 Å². The predicted molar refractivity (Wildman–Crippen MR) is 151 cm³/mol. The number of alkyl halides is 3. The summed E-state index contributed by atoms with van der Waals surface area (Å²) in [6.45, 7) is 0.0121. The Morgan fingerprint density at radius 2 is 1.48 bits per heavy atom. The Labute approximate surface area is 241 Å². The maximum Gasteiger partial charge on any atom is 0.416 e. The van der Waals surface area contributed by atoms with Gasteiger partial charge in [0.25, 0.3) is 5.91 Å². The molecule has 0 saturated heterocycles. The molecule has 8 N–H and O–H groups in total. The Morgan fingerprint density at radius 1 is 0.810 bits per heavy atom. The van der Waals surface area contributed by atoms with Crippen LogP contribution in [0.3, 0.4) is 0 Å². The van der Waals surface area contributed by atoms with Crippen LogP contribution in [0.4, 0.5) is 35.9 Å². The predicted octanol–water partition coefficient (Wildman–Crippen LogP) is 5.12. The summed E-state index contributed by atoms with van der Waals surface area (Å²) in [4.78, 5) is 37.2. The summed E-state index contributed by atoms with van der Waals surface area (Å²) >= 11 is 1.51. The molecular formula is C29H26F3N4O5S+. The largest absolute Gasteiger partial charge is 0.478 e. The Kier molecular flexibility index (Phi) is 9.13. The minimum Gasteiger partial charge on any atom is -0.478 e. The number of quaternary nitrogens is 1. The maximum atomic E-state index is 13.5. The molecule has 0 spiro atoms. The van der Waals surface area contributed by atoms with Gasteiger partial charge in [0.2, 0.25) is 0 Å². The third kappa shape index (κ3) is 7.44. The number of para-hydroxylation sites is 1. The molecule has 4 aromatic rings. The van der Waals surface area contributed by atoms with Crippen molar-refractivity contribution in [1.29, 1.82) is 0 Å². The number of carboxylic acid groups (broad SMARTS) is 2. The minimum absolute atomic E-state index is 0.0121. The van der Waals surface area contributed by atoms with E-state index in [2.05, 4.69) is 21.7 Å². The van der Waals surface area contributed by atoms with E-state index < -0.39 is 29.7 Å². The van der Waals surface area contributed by atoms with Crippen molar-refractivity contribution in [3.8, 4) is 0 Å². The number of carbonyl (C=O) groups is 3. The Morgan fingerprint density at radius 3 is 2.14 bits per heavy atom. The smallest absolute Gasteiger partial charge is 0.416 e. The molecule has 0 bridgehead atoms. The topological polar surface area (TPSA) is 155 Å². The molecule has 4 rings (SSSR count). The first-order valence-corrected chi connectivity index (χ1v) is 13.4. The lowest BCUT2D eigenvalue weighted by atomic mass is 10.1. The molecule has 1 heterocycles. The van der Waals surface area contributed by atoms with Crippen LogP contribution in [0.25, 0.3) is 0 Å². The lowest BCUT2D eigenvalue weighted by molar-refractivity contribution is -0.403. The van der Waals surface area contributed by atoms with Gasteiger partial charge in [-0.2, -0.15) is 13.2 Å². The molecule has 0 aliphatic heterocycles. The summed E-state index contributed by atoms with van der Waals surface area (Å²) in [5.41, 5.74) is 3.03. The van der Waals surface area contributed by atoms with Crippen molar-refractivity contribution in [3.63, 3.8) is 0 Å². The first kappa shape index (κ1) is 30.1. The van der Waals surface area contributed by atoms with Gasteiger partial charge >= 0.3 is 18.1 Å². The van der Waals surface area contributed by atoms with Gasteiger partial charge in [-0.15, -0.1) is 11.3 Å². The second-order valence-corrected chi connectivity index (χ2v) is 10.3. The van der Waals surface area contributed by atoms with Crippen LogP contribution in [0, 0.1) is 0 Å². The van der Waals surface area contributed by atoms with Crippen LogP contribution in [0.1, 0.15) is 36.7 Å². The quantitative estimate of drug-likeness (QED) is 0.140. The molecule has 42 heavy (non-hydrogen) atoms. The van der Waals surface area contributed by atoms with Crippen molar-refractivity contribution >= 4 is 51.9 Å². The monoisotopic (exact) mass is 599 g/mol. The highest BCUT2D eigenvalue weighted by atomic mass is 32.1. The summed E-state index contributed by atoms with van der Waals surface area (Å²) in [5, 5.41) is 29.6. The molecule has 0 saturated carbocycles. The normalized spacial score (nSPS) is 11.9. The van der Waals surface area contributed by atoms with Crippen LogP contribution in [0.15, 0.2) is 78.2 Å². The van der Waals surface area contributed by atoms with Gasteiger partial charge in [0.1, 0.15) is 0 Å². The molecule has 0 fully saturated rings. The van der Waals surface area contributed by atoms with E-state index >= 15 is 0 Å². The number of nitrogens with one attached hydrogen (secondary N) is 3. The van der Waals surface area contributed by atoms with E-state index in [-0.39, 0.29) is 46.3 Å². The second kappa shape index (κ2) is 12.7. The Bertz CT molecular complexity index is 1610.